The Hall–Kier alpha value is -3.81. The van der Waals surface area contributed by atoms with E-state index in [-0.39, 0.29) is 6.10 Å². The maximum absolute atomic E-state index is 6.12. The van der Waals surface area contributed by atoms with E-state index in [1.54, 1.807) is 4.68 Å². The highest BCUT2D eigenvalue weighted by Gasteiger charge is 2.19. The van der Waals surface area contributed by atoms with Gasteiger partial charge in [-0.2, -0.15) is 14.8 Å². The zero-order chi connectivity index (χ0) is 18.2. The normalized spacial score (nSPS) is 12.5. The maximum Gasteiger partial charge on any atom is 0.224 e. The zero-order valence-electron chi connectivity index (χ0n) is 14.4. The van der Waals surface area contributed by atoms with Gasteiger partial charge in [0.2, 0.25) is 5.88 Å². The molecule has 0 saturated heterocycles. The first-order chi connectivity index (χ1) is 13.3. The Morgan fingerprint density at radius 2 is 1.78 bits per heavy atom. The highest BCUT2D eigenvalue weighted by atomic mass is 16.5. The standard InChI is InChI=1S/C19H15N7O/c1-12(17-20-11-21-24-17)27-19-15-10-6-5-9-14(15)16-18(22-19)26(25-23-16)13-7-3-2-4-8-13/h2-12H,1H3,(H,20,21,24). The third-order valence-electron chi connectivity index (χ3n) is 4.35. The fraction of sp³-hybridized carbons (Fsp3) is 0.105. The fourth-order valence-electron chi connectivity index (χ4n) is 3.05. The van der Waals surface area contributed by atoms with Gasteiger partial charge in [-0.15, -0.1) is 5.10 Å². The lowest BCUT2D eigenvalue weighted by atomic mass is 10.1. The van der Waals surface area contributed by atoms with Gasteiger partial charge in [0.1, 0.15) is 11.8 Å². The van der Waals surface area contributed by atoms with Crippen molar-refractivity contribution in [2.24, 2.45) is 0 Å². The van der Waals surface area contributed by atoms with Crippen LogP contribution in [-0.2, 0) is 0 Å². The number of para-hydroxylation sites is 1. The number of ether oxygens (including phenoxy) is 1. The molecule has 0 aliphatic carbocycles. The van der Waals surface area contributed by atoms with Crippen molar-refractivity contribution in [1.82, 2.24) is 35.2 Å². The van der Waals surface area contributed by atoms with Gasteiger partial charge >= 0.3 is 0 Å². The summed E-state index contributed by atoms with van der Waals surface area (Å²) in [6.07, 6.45) is 1.17. The van der Waals surface area contributed by atoms with E-state index in [2.05, 4.69) is 25.5 Å². The smallest absolute Gasteiger partial charge is 0.224 e. The molecule has 8 nitrogen and oxygen atoms in total. The summed E-state index contributed by atoms with van der Waals surface area (Å²) in [5.74, 6) is 1.06. The van der Waals surface area contributed by atoms with Gasteiger partial charge in [0.25, 0.3) is 0 Å². The van der Waals surface area contributed by atoms with E-state index in [1.807, 2.05) is 61.5 Å². The number of benzene rings is 2. The van der Waals surface area contributed by atoms with Crippen LogP contribution in [0.1, 0.15) is 18.9 Å². The number of hydrogen-bond acceptors (Lipinski definition) is 6. The molecule has 1 atom stereocenters. The third-order valence-corrected chi connectivity index (χ3v) is 4.35. The molecular weight excluding hydrogens is 342 g/mol. The van der Waals surface area contributed by atoms with Crippen LogP contribution in [0.3, 0.4) is 0 Å². The number of fused-ring (bicyclic) bond motifs is 3. The molecule has 1 unspecified atom stereocenters. The molecule has 5 rings (SSSR count). The van der Waals surface area contributed by atoms with E-state index < -0.39 is 0 Å². The molecule has 0 aliphatic heterocycles. The Bertz CT molecular complexity index is 1220. The van der Waals surface area contributed by atoms with Crippen molar-refractivity contribution in [3.63, 3.8) is 0 Å². The van der Waals surface area contributed by atoms with Crippen LogP contribution >= 0.6 is 0 Å². The Kier molecular flexibility index (Phi) is 3.53. The lowest BCUT2D eigenvalue weighted by Gasteiger charge is -2.13. The number of nitrogens with one attached hydrogen (secondary N) is 1. The van der Waals surface area contributed by atoms with Gasteiger partial charge in [-0.25, -0.2) is 4.98 Å². The van der Waals surface area contributed by atoms with E-state index >= 15 is 0 Å². The van der Waals surface area contributed by atoms with Crippen molar-refractivity contribution in [1.29, 1.82) is 0 Å². The summed E-state index contributed by atoms with van der Waals surface area (Å²) < 4.78 is 7.83. The van der Waals surface area contributed by atoms with E-state index in [4.69, 9.17) is 9.72 Å². The fourth-order valence-corrected chi connectivity index (χ4v) is 3.05. The predicted molar refractivity (Wildman–Crippen MR) is 99.6 cm³/mol. The molecule has 0 amide bonds. The quantitative estimate of drug-likeness (QED) is 0.531. The Morgan fingerprint density at radius 1 is 1.00 bits per heavy atom. The topological polar surface area (TPSA) is 94.4 Å². The van der Waals surface area contributed by atoms with Crippen molar-refractivity contribution in [2.75, 3.05) is 0 Å². The number of aromatic nitrogens is 7. The maximum atomic E-state index is 6.12. The van der Waals surface area contributed by atoms with Crippen LogP contribution in [0.4, 0.5) is 0 Å². The largest absolute Gasteiger partial charge is 0.466 e. The highest BCUT2D eigenvalue weighted by Crippen LogP contribution is 2.32. The number of rotatable bonds is 4. The van der Waals surface area contributed by atoms with E-state index in [0.717, 1.165) is 22.0 Å². The highest BCUT2D eigenvalue weighted by molar-refractivity contribution is 6.04. The molecule has 1 N–H and O–H groups in total. The molecule has 5 aromatic rings. The van der Waals surface area contributed by atoms with Crippen molar-refractivity contribution >= 4 is 21.9 Å². The van der Waals surface area contributed by atoms with Gasteiger partial charge in [0, 0.05) is 10.8 Å². The molecular formula is C19H15N7O. The molecule has 0 radical (unpaired) electrons. The minimum absolute atomic E-state index is 0.356. The first kappa shape index (κ1) is 15.4. The van der Waals surface area contributed by atoms with Gasteiger partial charge < -0.3 is 4.74 Å². The summed E-state index contributed by atoms with van der Waals surface area (Å²) in [6, 6.07) is 17.6. The van der Waals surface area contributed by atoms with Gasteiger partial charge in [-0.05, 0) is 25.1 Å². The summed E-state index contributed by atoms with van der Waals surface area (Å²) in [4.78, 5) is 8.90. The first-order valence-corrected chi connectivity index (χ1v) is 8.53. The number of hydrogen-bond donors (Lipinski definition) is 1. The van der Waals surface area contributed by atoms with Crippen LogP contribution in [0.25, 0.3) is 27.6 Å². The Labute approximate surface area is 153 Å². The van der Waals surface area contributed by atoms with E-state index in [1.165, 1.54) is 6.33 Å². The van der Waals surface area contributed by atoms with E-state index in [9.17, 15) is 0 Å². The number of pyridine rings is 1. The van der Waals surface area contributed by atoms with Crippen LogP contribution in [0.5, 0.6) is 5.88 Å². The monoisotopic (exact) mass is 357 g/mol. The SMILES string of the molecule is CC(Oc1nc2c(nnn2-c2ccccc2)c2ccccc12)c1nc[nH]n1. The van der Waals surface area contributed by atoms with Crippen molar-refractivity contribution < 1.29 is 4.74 Å². The number of H-pyrrole nitrogens is 1. The van der Waals surface area contributed by atoms with Crippen LogP contribution in [-0.4, -0.2) is 35.2 Å². The second-order valence-electron chi connectivity index (χ2n) is 6.09. The summed E-state index contributed by atoms with van der Waals surface area (Å²) in [5.41, 5.74) is 2.25. The average molecular weight is 357 g/mol. The van der Waals surface area contributed by atoms with Gasteiger partial charge in [0.15, 0.2) is 17.6 Å². The van der Waals surface area contributed by atoms with Gasteiger partial charge in [0.05, 0.1) is 5.69 Å². The third kappa shape index (κ3) is 2.58. The molecule has 0 saturated carbocycles. The van der Waals surface area contributed by atoms with Gasteiger partial charge in [-0.1, -0.05) is 41.6 Å². The van der Waals surface area contributed by atoms with Crippen LogP contribution < -0.4 is 4.74 Å². The average Bonchev–Trinajstić information content (AvgIpc) is 3.39. The van der Waals surface area contributed by atoms with Crippen LogP contribution in [0, 0.1) is 0 Å². The van der Waals surface area contributed by atoms with Crippen molar-refractivity contribution in [3.8, 4) is 11.6 Å². The Morgan fingerprint density at radius 3 is 2.56 bits per heavy atom. The molecule has 27 heavy (non-hydrogen) atoms. The van der Waals surface area contributed by atoms with Crippen LogP contribution in [0.15, 0.2) is 60.9 Å². The molecule has 0 spiro atoms. The summed E-state index contributed by atoms with van der Waals surface area (Å²) in [7, 11) is 0. The minimum Gasteiger partial charge on any atom is -0.466 e. The number of aromatic amines is 1. The van der Waals surface area contributed by atoms with Gasteiger partial charge in [-0.3, -0.25) is 5.10 Å². The van der Waals surface area contributed by atoms with Crippen molar-refractivity contribution in [2.45, 2.75) is 13.0 Å². The number of nitrogens with zero attached hydrogens (tertiary/aromatic N) is 6. The summed E-state index contributed by atoms with van der Waals surface area (Å²) >= 11 is 0. The molecule has 0 bridgehead atoms. The molecule has 2 aromatic carbocycles. The molecule has 3 aromatic heterocycles. The second-order valence-corrected chi connectivity index (χ2v) is 6.09. The predicted octanol–water partition coefficient (Wildman–Crippen LogP) is 3.23. The van der Waals surface area contributed by atoms with E-state index in [0.29, 0.717) is 17.4 Å². The Balaban J connectivity index is 1.71. The lowest BCUT2D eigenvalue weighted by Crippen LogP contribution is -2.07. The summed E-state index contributed by atoms with van der Waals surface area (Å²) in [5, 5.41) is 17.3. The second kappa shape index (κ2) is 6.17. The summed E-state index contributed by atoms with van der Waals surface area (Å²) in [6.45, 7) is 1.89. The van der Waals surface area contributed by atoms with Crippen molar-refractivity contribution in [3.05, 3.63) is 66.7 Å². The first-order valence-electron chi connectivity index (χ1n) is 8.53. The molecule has 0 fully saturated rings. The molecule has 3 heterocycles. The molecule has 0 aliphatic rings. The zero-order valence-corrected chi connectivity index (χ0v) is 14.4. The lowest BCUT2D eigenvalue weighted by molar-refractivity contribution is 0.211. The minimum atomic E-state index is -0.356. The molecule has 132 valence electrons. The van der Waals surface area contributed by atoms with Crippen LogP contribution in [0.2, 0.25) is 0 Å². The molecule has 8 heteroatoms.